The second-order valence-electron chi connectivity index (χ2n) is 7.88. The summed E-state index contributed by atoms with van der Waals surface area (Å²) in [6, 6.07) is 0. The van der Waals surface area contributed by atoms with Crippen LogP contribution in [0.2, 0.25) is 0 Å². The SMILES string of the molecule is CCn1cnnc1SCC(=O)NCC12CC3CC(CC(C3)C1)C2. The summed E-state index contributed by atoms with van der Waals surface area (Å²) in [5.41, 5.74) is 0.415. The van der Waals surface area contributed by atoms with Crippen LogP contribution in [-0.4, -0.2) is 33.0 Å². The van der Waals surface area contributed by atoms with Gasteiger partial charge in [-0.1, -0.05) is 11.8 Å². The van der Waals surface area contributed by atoms with E-state index < -0.39 is 0 Å². The summed E-state index contributed by atoms with van der Waals surface area (Å²) in [7, 11) is 0. The lowest BCUT2D eigenvalue weighted by Gasteiger charge is -2.56. The molecule has 4 bridgehead atoms. The molecule has 0 radical (unpaired) electrons. The van der Waals surface area contributed by atoms with Crippen LogP contribution in [0, 0.1) is 23.2 Å². The van der Waals surface area contributed by atoms with Crippen molar-refractivity contribution in [2.75, 3.05) is 12.3 Å². The fourth-order valence-electron chi connectivity index (χ4n) is 5.55. The van der Waals surface area contributed by atoms with E-state index in [4.69, 9.17) is 0 Å². The molecule has 4 fully saturated rings. The van der Waals surface area contributed by atoms with E-state index in [1.54, 1.807) is 6.33 Å². The number of carbonyl (C=O) groups excluding carboxylic acids is 1. The Hall–Kier alpha value is -1.04. The molecule has 1 amide bonds. The Morgan fingerprint density at radius 3 is 2.57 bits per heavy atom. The van der Waals surface area contributed by atoms with E-state index in [1.165, 1.54) is 50.3 Å². The molecule has 4 aliphatic rings. The first-order valence-electron chi connectivity index (χ1n) is 8.93. The second kappa shape index (κ2) is 6.11. The summed E-state index contributed by atoms with van der Waals surface area (Å²) in [6.45, 7) is 3.78. The number of aromatic nitrogens is 3. The Morgan fingerprint density at radius 2 is 1.96 bits per heavy atom. The summed E-state index contributed by atoms with van der Waals surface area (Å²) in [5, 5.41) is 12.0. The van der Waals surface area contributed by atoms with E-state index in [1.807, 2.05) is 4.57 Å². The maximum Gasteiger partial charge on any atom is 0.230 e. The van der Waals surface area contributed by atoms with Crippen molar-refractivity contribution in [3.63, 3.8) is 0 Å². The maximum absolute atomic E-state index is 12.2. The second-order valence-corrected chi connectivity index (χ2v) is 8.82. The molecule has 0 spiro atoms. The number of amides is 1. The zero-order chi connectivity index (χ0) is 15.9. The molecular formula is C17H26N4OS. The van der Waals surface area contributed by atoms with Gasteiger partial charge in [0.25, 0.3) is 0 Å². The number of aryl methyl sites for hydroxylation is 1. The number of hydrogen-bond acceptors (Lipinski definition) is 4. The Kier molecular flexibility index (Phi) is 4.12. The molecule has 5 rings (SSSR count). The van der Waals surface area contributed by atoms with Crippen molar-refractivity contribution < 1.29 is 4.79 Å². The summed E-state index contributed by atoms with van der Waals surface area (Å²) in [4.78, 5) is 12.2. The fraction of sp³-hybridized carbons (Fsp3) is 0.824. The van der Waals surface area contributed by atoms with Gasteiger partial charge in [-0.15, -0.1) is 10.2 Å². The predicted octanol–water partition coefficient (Wildman–Crippen LogP) is 2.72. The Balaban J connectivity index is 1.28. The van der Waals surface area contributed by atoms with Gasteiger partial charge >= 0.3 is 0 Å². The van der Waals surface area contributed by atoms with E-state index in [-0.39, 0.29) is 5.91 Å². The van der Waals surface area contributed by atoms with Gasteiger partial charge in [0.1, 0.15) is 6.33 Å². The Morgan fingerprint density at radius 1 is 1.30 bits per heavy atom. The molecule has 1 aromatic rings. The molecule has 0 aromatic carbocycles. The molecule has 1 aromatic heterocycles. The minimum atomic E-state index is 0.136. The molecular weight excluding hydrogens is 308 g/mol. The third-order valence-electron chi connectivity index (χ3n) is 6.08. The number of thioether (sulfide) groups is 1. The minimum Gasteiger partial charge on any atom is -0.355 e. The number of nitrogens with zero attached hydrogens (tertiary/aromatic N) is 3. The van der Waals surface area contributed by atoms with Crippen LogP contribution in [0.3, 0.4) is 0 Å². The van der Waals surface area contributed by atoms with Gasteiger partial charge in [0.2, 0.25) is 5.91 Å². The first-order chi connectivity index (χ1) is 11.2. The molecule has 23 heavy (non-hydrogen) atoms. The van der Waals surface area contributed by atoms with Crippen LogP contribution in [0.5, 0.6) is 0 Å². The molecule has 1 heterocycles. The highest BCUT2D eigenvalue weighted by Crippen LogP contribution is 2.59. The molecule has 1 N–H and O–H groups in total. The summed E-state index contributed by atoms with van der Waals surface area (Å²) < 4.78 is 1.97. The van der Waals surface area contributed by atoms with Gasteiger partial charge in [0.05, 0.1) is 5.75 Å². The minimum absolute atomic E-state index is 0.136. The highest BCUT2D eigenvalue weighted by molar-refractivity contribution is 7.99. The molecule has 4 saturated carbocycles. The van der Waals surface area contributed by atoms with Gasteiger partial charge in [0, 0.05) is 13.1 Å². The van der Waals surface area contributed by atoms with Crippen molar-refractivity contribution >= 4 is 17.7 Å². The standard InChI is InChI=1S/C17H26N4OS/c1-2-21-11-19-20-16(21)23-9-15(22)18-10-17-6-12-3-13(7-17)5-14(4-12)8-17/h11-14H,2-10H2,1H3,(H,18,22). The molecule has 0 aliphatic heterocycles. The molecule has 5 nitrogen and oxygen atoms in total. The lowest BCUT2D eigenvalue weighted by atomic mass is 9.49. The van der Waals surface area contributed by atoms with Crippen molar-refractivity contribution in [1.82, 2.24) is 20.1 Å². The van der Waals surface area contributed by atoms with E-state index in [0.29, 0.717) is 11.2 Å². The summed E-state index contributed by atoms with van der Waals surface area (Å²) >= 11 is 1.48. The van der Waals surface area contributed by atoms with Crippen LogP contribution in [0.4, 0.5) is 0 Å². The molecule has 126 valence electrons. The fourth-order valence-corrected chi connectivity index (χ4v) is 6.36. The van der Waals surface area contributed by atoms with Crippen molar-refractivity contribution in [2.45, 2.75) is 57.1 Å². The van der Waals surface area contributed by atoms with E-state index in [2.05, 4.69) is 22.4 Å². The van der Waals surface area contributed by atoms with E-state index in [9.17, 15) is 4.79 Å². The number of carbonyl (C=O) groups is 1. The van der Waals surface area contributed by atoms with Crippen LogP contribution in [-0.2, 0) is 11.3 Å². The number of nitrogens with one attached hydrogen (secondary N) is 1. The Bertz CT molecular complexity index is 550. The smallest absolute Gasteiger partial charge is 0.230 e. The lowest BCUT2D eigenvalue weighted by molar-refractivity contribution is -0.120. The van der Waals surface area contributed by atoms with E-state index >= 15 is 0 Å². The number of hydrogen-bond donors (Lipinski definition) is 1. The van der Waals surface area contributed by atoms with Crippen LogP contribution < -0.4 is 5.32 Å². The first kappa shape index (κ1) is 15.5. The average molecular weight is 334 g/mol. The van der Waals surface area contributed by atoms with Crippen LogP contribution in [0.25, 0.3) is 0 Å². The van der Waals surface area contributed by atoms with Gasteiger partial charge in [-0.05, 0) is 68.6 Å². The molecule has 0 atom stereocenters. The third-order valence-corrected chi connectivity index (χ3v) is 7.06. The van der Waals surface area contributed by atoms with Gasteiger partial charge in [-0.2, -0.15) is 0 Å². The normalized spacial score (nSPS) is 34.7. The van der Waals surface area contributed by atoms with Crippen molar-refractivity contribution in [1.29, 1.82) is 0 Å². The summed E-state index contributed by atoms with van der Waals surface area (Å²) in [5.74, 6) is 3.39. The maximum atomic E-state index is 12.2. The van der Waals surface area contributed by atoms with Crippen molar-refractivity contribution in [3.05, 3.63) is 6.33 Å². The predicted molar refractivity (Wildman–Crippen MR) is 90.0 cm³/mol. The zero-order valence-corrected chi connectivity index (χ0v) is 14.6. The third kappa shape index (κ3) is 3.14. The monoisotopic (exact) mass is 334 g/mol. The van der Waals surface area contributed by atoms with Crippen LogP contribution >= 0.6 is 11.8 Å². The van der Waals surface area contributed by atoms with Crippen LogP contribution in [0.15, 0.2) is 11.5 Å². The average Bonchev–Trinajstić information content (AvgIpc) is 2.97. The molecule has 0 unspecified atom stereocenters. The molecule has 6 heteroatoms. The van der Waals surface area contributed by atoms with Crippen LogP contribution in [0.1, 0.15) is 45.4 Å². The topological polar surface area (TPSA) is 59.8 Å². The van der Waals surface area contributed by atoms with Crippen molar-refractivity contribution in [2.24, 2.45) is 23.2 Å². The Labute approximate surface area is 142 Å². The van der Waals surface area contributed by atoms with Crippen molar-refractivity contribution in [3.8, 4) is 0 Å². The molecule has 4 aliphatic carbocycles. The summed E-state index contributed by atoms with van der Waals surface area (Å²) in [6.07, 6.45) is 10.1. The quantitative estimate of drug-likeness (QED) is 0.813. The lowest BCUT2D eigenvalue weighted by Crippen LogP contribution is -2.51. The van der Waals surface area contributed by atoms with Gasteiger partial charge in [-0.3, -0.25) is 4.79 Å². The molecule has 0 saturated heterocycles. The van der Waals surface area contributed by atoms with Gasteiger partial charge in [-0.25, -0.2) is 0 Å². The van der Waals surface area contributed by atoms with E-state index in [0.717, 1.165) is 36.0 Å². The largest absolute Gasteiger partial charge is 0.355 e. The highest BCUT2D eigenvalue weighted by Gasteiger charge is 2.50. The van der Waals surface area contributed by atoms with Gasteiger partial charge < -0.3 is 9.88 Å². The first-order valence-corrected chi connectivity index (χ1v) is 9.92. The highest BCUT2D eigenvalue weighted by atomic mass is 32.2. The van der Waals surface area contributed by atoms with Gasteiger partial charge in [0.15, 0.2) is 5.16 Å². The zero-order valence-electron chi connectivity index (χ0n) is 13.8. The number of rotatable bonds is 6.